The van der Waals surface area contributed by atoms with Crippen LogP contribution in [0.5, 0.6) is 0 Å². The monoisotopic (exact) mass is 284 g/mol. The molecule has 0 atom stereocenters. The van der Waals surface area contributed by atoms with Gasteiger partial charge in [-0.2, -0.15) is 0 Å². The number of likely N-dealkylation sites (tertiary alicyclic amines) is 1. The van der Waals surface area contributed by atoms with E-state index in [1.165, 1.54) is 24.2 Å². The third-order valence-electron chi connectivity index (χ3n) is 3.21. The number of anilines is 1. The van der Waals surface area contributed by atoms with Crippen molar-refractivity contribution in [3.8, 4) is 0 Å². The summed E-state index contributed by atoms with van der Waals surface area (Å²) in [6.45, 7) is 9.84. The molecule has 100 valence electrons. The fourth-order valence-corrected chi connectivity index (χ4v) is 3.02. The highest BCUT2D eigenvalue weighted by atomic mass is 32.1. The summed E-state index contributed by atoms with van der Waals surface area (Å²) in [5.41, 5.74) is 0. The first-order chi connectivity index (χ1) is 8.69. The predicted molar refractivity (Wildman–Crippen MR) is 79.6 cm³/mol. The zero-order chi connectivity index (χ0) is 13.0. The van der Waals surface area contributed by atoms with Crippen LogP contribution in [0.15, 0.2) is 12.7 Å². The largest absolute Gasteiger partial charge is 0.357 e. The summed E-state index contributed by atoms with van der Waals surface area (Å²) in [7, 11) is 0. The van der Waals surface area contributed by atoms with E-state index in [2.05, 4.69) is 28.8 Å². The molecule has 1 aliphatic rings. The maximum atomic E-state index is 5.34. The molecule has 0 radical (unpaired) electrons. The number of aromatic nitrogens is 2. The van der Waals surface area contributed by atoms with Crippen LogP contribution in [-0.2, 0) is 6.67 Å². The lowest BCUT2D eigenvalue weighted by molar-refractivity contribution is 0.146. The molecule has 0 saturated carbocycles. The number of nitrogens with one attached hydrogen (secondary N) is 1. The van der Waals surface area contributed by atoms with Crippen LogP contribution in [0.4, 0.5) is 5.13 Å². The first-order valence-corrected chi connectivity index (χ1v) is 7.56. The predicted octanol–water partition coefficient (Wildman–Crippen LogP) is 2.96. The van der Waals surface area contributed by atoms with Crippen molar-refractivity contribution in [1.82, 2.24) is 14.7 Å². The average molecular weight is 284 g/mol. The average Bonchev–Trinajstić information content (AvgIpc) is 2.70. The topological polar surface area (TPSA) is 33.1 Å². The molecule has 1 saturated heterocycles. The van der Waals surface area contributed by atoms with E-state index in [-0.39, 0.29) is 0 Å². The molecule has 1 N–H and O–H groups in total. The van der Waals surface area contributed by atoms with Crippen LogP contribution in [0.1, 0.15) is 19.8 Å². The third kappa shape index (κ3) is 3.63. The van der Waals surface area contributed by atoms with Crippen LogP contribution < -0.4 is 5.32 Å². The van der Waals surface area contributed by atoms with Gasteiger partial charge in [0.25, 0.3) is 0 Å². The van der Waals surface area contributed by atoms with Crippen LogP contribution in [-0.4, -0.2) is 34.3 Å². The van der Waals surface area contributed by atoms with Crippen LogP contribution in [0.2, 0.25) is 0 Å². The number of hydrogen-bond donors (Lipinski definition) is 1. The minimum Gasteiger partial charge on any atom is -0.357 e. The summed E-state index contributed by atoms with van der Waals surface area (Å²) >= 11 is 6.87. The molecule has 0 bridgehead atoms. The van der Waals surface area contributed by atoms with Gasteiger partial charge in [-0.3, -0.25) is 4.90 Å². The van der Waals surface area contributed by atoms with E-state index in [1.54, 1.807) is 0 Å². The second-order valence-corrected chi connectivity index (χ2v) is 6.41. The quantitative estimate of drug-likeness (QED) is 0.666. The molecular formula is C12H20N4S2. The second-order valence-electron chi connectivity index (χ2n) is 4.78. The molecule has 1 fully saturated rings. The van der Waals surface area contributed by atoms with Crippen LogP contribution in [0.25, 0.3) is 0 Å². The molecule has 0 spiro atoms. The Morgan fingerprint density at radius 1 is 1.56 bits per heavy atom. The minimum absolute atomic E-state index is 0.726. The summed E-state index contributed by atoms with van der Waals surface area (Å²) < 4.78 is 2.75. The Bertz CT molecular complexity index is 443. The van der Waals surface area contributed by atoms with E-state index >= 15 is 0 Å². The van der Waals surface area contributed by atoms with E-state index in [9.17, 15) is 0 Å². The van der Waals surface area contributed by atoms with E-state index in [0.717, 1.165) is 41.3 Å². The minimum atomic E-state index is 0.726. The van der Waals surface area contributed by atoms with Gasteiger partial charge >= 0.3 is 0 Å². The van der Waals surface area contributed by atoms with Gasteiger partial charge in [-0.25, -0.2) is 4.68 Å². The summed E-state index contributed by atoms with van der Waals surface area (Å²) in [6, 6.07) is 0. The Balaban J connectivity index is 1.94. The van der Waals surface area contributed by atoms with Gasteiger partial charge in [-0.15, -0.1) is 11.7 Å². The lowest BCUT2D eigenvalue weighted by Gasteiger charge is -2.29. The van der Waals surface area contributed by atoms with Crippen LogP contribution >= 0.6 is 23.6 Å². The molecule has 1 aliphatic heterocycles. The zero-order valence-corrected chi connectivity index (χ0v) is 12.4. The van der Waals surface area contributed by atoms with E-state index in [4.69, 9.17) is 12.2 Å². The summed E-state index contributed by atoms with van der Waals surface area (Å²) in [6.07, 6.45) is 4.37. The summed E-state index contributed by atoms with van der Waals surface area (Å²) in [5.74, 6) is 0.856. The SMILES string of the molecule is C=CCNc1nn(CN2CCC(C)CC2)c(=S)s1. The summed E-state index contributed by atoms with van der Waals surface area (Å²) in [5, 5.41) is 8.55. The Morgan fingerprint density at radius 2 is 2.28 bits per heavy atom. The van der Waals surface area contributed by atoms with Gasteiger partial charge in [0.2, 0.25) is 5.13 Å². The molecule has 2 heterocycles. The van der Waals surface area contributed by atoms with E-state index in [1.807, 2.05) is 10.8 Å². The number of rotatable bonds is 5. The van der Waals surface area contributed by atoms with Gasteiger partial charge in [0.15, 0.2) is 3.95 Å². The highest BCUT2D eigenvalue weighted by molar-refractivity contribution is 7.73. The first kappa shape index (κ1) is 13.7. The van der Waals surface area contributed by atoms with E-state index < -0.39 is 0 Å². The first-order valence-electron chi connectivity index (χ1n) is 6.34. The van der Waals surface area contributed by atoms with Crippen molar-refractivity contribution in [2.75, 3.05) is 25.0 Å². The van der Waals surface area contributed by atoms with Crippen molar-refractivity contribution >= 4 is 28.7 Å². The van der Waals surface area contributed by atoms with Crippen molar-refractivity contribution in [3.63, 3.8) is 0 Å². The molecule has 6 heteroatoms. The van der Waals surface area contributed by atoms with Gasteiger partial charge in [-0.1, -0.05) is 24.3 Å². The molecule has 18 heavy (non-hydrogen) atoms. The van der Waals surface area contributed by atoms with Crippen molar-refractivity contribution < 1.29 is 0 Å². The fraction of sp³-hybridized carbons (Fsp3) is 0.667. The maximum absolute atomic E-state index is 5.34. The van der Waals surface area contributed by atoms with Crippen LogP contribution in [0, 0.1) is 9.87 Å². The van der Waals surface area contributed by atoms with Gasteiger partial charge in [-0.05, 0) is 31.0 Å². The molecule has 1 aromatic rings. The normalized spacial score (nSPS) is 17.8. The lowest BCUT2D eigenvalue weighted by Crippen LogP contribution is -2.34. The van der Waals surface area contributed by atoms with Gasteiger partial charge in [0.05, 0.1) is 6.67 Å². The maximum Gasteiger partial charge on any atom is 0.204 e. The highest BCUT2D eigenvalue weighted by Gasteiger charge is 2.16. The van der Waals surface area contributed by atoms with Crippen molar-refractivity contribution in [2.45, 2.75) is 26.4 Å². The molecule has 0 unspecified atom stereocenters. The van der Waals surface area contributed by atoms with Gasteiger partial charge in [0.1, 0.15) is 0 Å². The van der Waals surface area contributed by atoms with E-state index in [0.29, 0.717) is 0 Å². The number of nitrogens with zero attached hydrogens (tertiary/aromatic N) is 3. The highest BCUT2D eigenvalue weighted by Crippen LogP contribution is 2.18. The van der Waals surface area contributed by atoms with Crippen molar-refractivity contribution in [2.24, 2.45) is 5.92 Å². The van der Waals surface area contributed by atoms with Gasteiger partial charge in [0, 0.05) is 19.6 Å². The molecule has 0 aromatic carbocycles. The molecule has 1 aromatic heterocycles. The molecule has 2 rings (SSSR count). The summed E-state index contributed by atoms with van der Waals surface area (Å²) in [4.78, 5) is 2.42. The Hall–Kier alpha value is -0.720. The van der Waals surface area contributed by atoms with Gasteiger partial charge < -0.3 is 5.32 Å². The fourth-order valence-electron chi connectivity index (χ4n) is 2.02. The molecule has 4 nitrogen and oxygen atoms in total. The molecular weight excluding hydrogens is 264 g/mol. The Labute approximate surface area is 117 Å². The standard InChI is InChI=1S/C12H20N4S2/c1-3-6-13-11-14-16(12(17)18-11)9-15-7-4-10(2)5-8-15/h3,10H,1,4-9H2,2H3,(H,13,14). The zero-order valence-electron chi connectivity index (χ0n) is 10.8. The Morgan fingerprint density at radius 3 is 2.94 bits per heavy atom. The smallest absolute Gasteiger partial charge is 0.204 e. The van der Waals surface area contributed by atoms with Crippen molar-refractivity contribution in [1.29, 1.82) is 0 Å². The third-order valence-corrected chi connectivity index (χ3v) is 4.48. The molecule has 0 aliphatic carbocycles. The Kier molecular flexibility index (Phi) is 4.91. The molecule has 0 amide bonds. The lowest BCUT2D eigenvalue weighted by atomic mass is 10.00. The van der Waals surface area contributed by atoms with Crippen molar-refractivity contribution in [3.05, 3.63) is 16.6 Å². The number of hydrogen-bond acceptors (Lipinski definition) is 5. The second kappa shape index (κ2) is 6.45. The number of piperidine rings is 1. The van der Waals surface area contributed by atoms with Crippen LogP contribution in [0.3, 0.4) is 0 Å².